The minimum atomic E-state index is -4.49. The average molecular weight is 381 g/mol. The lowest BCUT2D eigenvalue weighted by atomic mass is 10.0. The number of alkyl halides is 3. The first-order valence-corrected chi connectivity index (χ1v) is 7.58. The summed E-state index contributed by atoms with van der Waals surface area (Å²) < 4.78 is 37.7. The Labute approximate surface area is 151 Å². The SMILES string of the molecule is NC(=O)[C@@H](Cc1ccc(C(F)(F)F)cc1)NC(=O)c1cccc([N+](=O)[O-])c1. The van der Waals surface area contributed by atoms with Crippen LogP contribution in [0.5, 0.6) is 0 Å². The summed E-state index contributed by atoms with van der Waals surface area (Å²) in [6, 6.07) is 7.73. The van der Waals surface area contributed by atoms with Crippen molar-refractivity contribution in [3.63, 3.8) is 0 Å². The van der Waals surface area contributed by atoms with E-state index in [0.29, 0.717) is 5.56 Å². The maximum atomic E-state index is 12.6. The number of benzene rings is 2. The summed E-state index contributed by atoms with van der Waals surface area (Å²) in [6.45, 7) is 0. The third kappa shape index (κ3) is 5.27. The third-order valence-corrected chi connectivity index (χ3v) is 3.69. The van der Waals surface area contributed by atoms with Crippen LogP contribution in [0.3, 0.4) is 0 Å². The number of hydrogen-bond acceptors (Lipinski definition) is 4. The molecular weight excluding hydrogens is 367 g/mol. The normalized spacial score (nSPS) is 12.3. The quantitative estimate of drug-likeness (QED) is 0.591. The Morgan fingerprint density at radius 3 is 2.30 bits per heavy atom. The molecule has 3 N–H and O–H groups in total. The molecule has 2 aromatic carbocycles. The van der Waals surface area contributed by atoms with E-state index in [-0.39, 0.29) is 17.7 Å². The Bertz CT molecular complexity index is 866. The second-order valence-corrected chi connectivity index (χ2v) is 5.63. The van der Waals surface area contributed by atoms with Gasteiger partial charge >= 0.3 is 6.18 Å². The Balaban J connectivity index is 2.14. The molecule has 0 aromatic heterocycles. The molecule has 0 saturated heterocycles. The van der Waals surface area contributed by atoms with Gasteiger partial charge in [-0.3, -0.25) is 19.7 Å². The van der Waals surface area contributed by atoms with E-state index < -0.39 is 34.5 Å². The van der Waals surface area contributed by atoms with Gasteiger partial charge < -0.3 is 11.1 Å². The number of nitrogens with zero attached hydrogens (tertiary/aromatic N) is 1. The zero-order valence-electron chi connectivity index (χ0n) is 13.7. The number of rotatable bonds is 6. The van der Waals surface area contributed by atoms with Gasteiger partial charge in [0.15, 0.2) is 0 Å². The largest absolute Gasteiger partial charge is 0.416 e. The summed E-state index contributed by atoms with van der Waals surface area (Å²) in [4.78, 5) is 33.9. The zero-order valence-corrected chi connectivity index (χ0v) is 13.7. The number of hydrogen-bond donors (Lipinski definition) is 2. The lowest BCUT2D eigenvalue weighted by Gasteiger charge is -2.16. The highest BCUT2D eigenvalue weighted by Crippen LogP contribution is 2.29. The van der Waals surface area contributed by atoms with E-state index >= 15 is 0 Å². The van der Waals surface area contributed by atoms with Crippen molar-refractivity contribution in [1.82, 2.24) is 5.32 Å². The number of primary amides is 1. The van der Waals surface area contributed by atoms with Gasteiger partial charge in [-0.1, -0.05) is 18.2 Å². The van der Waals surface area contributed by atoms with E-state index in [4.69, 9.17) is 5.73 Å². The van der Waals surface area contributed by atoms with Gasteiger partial charge in [0.1, 0.15) is 6.04 Å². The van der Waals surface area contributed by atoms with E-state index in [1.165, 1.54) is 30.3 Å². The zero-order chi connectivity index (χ0) is 20.2. The first kappa shape index (κ1) is 19.9. The monoisotopic (exact) mass is 381 g/mol. The maximum absolute atomic E-state index is 12.6. The predicted molar refractivity (Wildman–Crippen MR) is 88.7 cm³/mol. The lowest BCUT2D eigenvalue weighted by Crippen LogP contribution is -2.45. The minimum Gasteiger partial charge on any atom is -0.368 e. The lowest BCUT2D eigenvalue weighted by molar-refractivity contribution is -0.384. The highest BCUT2D eigenvalue weighted by molar-refractivity contribution is 5.97. The van der Waals surface area contributed by atoms with Crippen LogP contribution in [0.1, 0.15) is 21.5 Å². The molecule has 7 nitrogen and oxygen atoms in total. The summed E-state index contributed by atoms with van der Waals surface area (Å²) in [5, 5.41) is 13.1. The van der Waals surface area contributed by atoms with Gasteiger partial charge in [0, 0.05) is 24.1 Å². The smallest absolute Gasteiger partial charge is 0.368 e. The van der Waals surface area contributed by atoms with Crippen molar-refractivity contribution in [1.29, 1.82) is 0 Å². The summed E-state index contributed by atoms with van der Waals surface area (Å²) in [6.07, 6.45) is -4.62. The second-order valence-electron chi connectivity index (χ2n) is 5.63. The molecular formula is C17H14F3N3O4. The van der Waals surface area contributed by atoms with Gasteiger partial charge in [0.25, 0.3) is 11.6 Å². The van der Waals surface area contributed by atoms with Crippen LogP contribution in [0, 0.1) is 10.1 Å². The number of nitrogens with two attached hydrogens (primary N) is 1. The average Bonchev–Trinajstić information content (AvgIpc) is 2.60. The topological polar surface area (TPSA) is 115 Å². The molecule has 142 valence electrons. The molecule has 2 rings (SSSR count). The fourth-order valence-electron chi connectivity index (χ4n) is 2.29. The fourth-order valence-corrected chi connectivity index (χ4v) is 2.29. The van der Waals surface area contributed by atoms with Crippen molar-refractivity contribution < 1.29 is 27.7 Å². The minimum absolute atomic E-state index is 0.0529. The van der Waals surface area contributed by atoms with Crippen molar-refractivity contribution >= 4 is 17.5 Å². The van der Waals surface area contributed by atoms with Crippen LogP contribution >= 0.6 is 0 Å². The van der Waals surface area contributed by atoms with Crippen LogP contribution in [-0.2, 0) is 17.4 Å². The molecule has 27 heavy (non-hydrogen) atoms. The standard InChI is InChI=1S/C17H14F3N3O4/c18-17(19,20)12-6-4-10(5-7-12)8-14(15(21)24)22-16(25)11-2-1-3-13(9-11)23(26)27/h1-7,9,14H,8H2,(H2,21,24)(H,22,25)/t14-/m1/s1. The Morgan fingerprint density at radius 2 is 1.78 bits per heavy atom. The summed E-state index contributed by atoms with van der Waals surface area (Å²) in [5.74, 6) is -1.66. The highest BCUT2D eigenvalue weighted by atomic mass is 19.4. The number of nitro groups is 1. The van der Waals surface area contributed by atoms with Crippen molar-refractivity contribution in [3.8, 4) is 0 Å². The Hall–Kier alpha value is -3.43. The van der Waals surface area contributed by atoms with Crippen LogP contribution in [0.15, 0.2) is 48.5 Å². The van der Waals surface area contributed by atoms with Gasteiger partial charge in [-0.05, 0) is 23.8 Å². The second kappa shape index (κ2) is 7.85. The molecule has 0 aliphatic heterocycles. The van der Waals surface area contributed by atoms with E-state index in [0.717, 1.165) is 18.2 Å². The van der Waals surface area contributed by atoms with E-state index in [9.17, 15) is 32.9 Å². The number of amides is 2. The molecule has 2 amide bonds. The molecule has 0 radical (unpaired) electrons. The number of nitro benzene ring substituents is 1. The van der Waals surface area contributed by atoms with Crippen LogP contribution < -0.4 is 11.1 Å². The number of halogens is 3. The molecule has 0 heterocycles. The summed E-state index contributed by atoms with van der Waals surface area (Å²) in [7, 11) is 0. The molecule has 0 fully saturated rings. The molecule has 0 spiro atoms. The first-order chi connectivity index (χ1) is 12.6. The first-order valence-electron chi connectivity index (χ1n) is 7.58. The van der Waals surface area contributed by atoms with E-state index in [1.54, 1.807) is 0 Å². The molecule has 0 unspecified atom stereocenters. The van der Waals surface area contributed by atoms with Crippen molar-refractivity contribution in [2.45, 2.75) is 18.6 Å². The van der Waals surface area contributed by atoms with Gasteiger partial charge in [-0.15, -0.1) is 0 Å². The molecule has 0 aliphatic rings. The Morgan fingerprint density at radius 1 is 1.15 bits per heavy atom. The number of nitrogens with one attached hydrogen (secondary N) is 1. The van der Waals surface area contributed by atoms with E-state index in [1.807, 2.05) is 0 Å². The molecule has 0 aliphatic carbocycles. The van der Waals surface area contributed by atoms with Gasteiger partial charge in [-0.25, -0.2) is 0 Å². The summed E-state index contributed by atoms with van der Waals surface area (Å²) in [5.41, 5.74) is 4.40. The number of carbonyl (C=O) groups is 2. The Kier molecular flexibility index (Phi) is 5.78. The molecule has 0 bridgehead atoms. The van der Waals surface area contributed by atoms with E-state index in [2.05, 4.69) is 5.32 Å². The third-order valence-electron chi connectivity index (χ3n) is 3.69. The number of non-ortho nitro benzene ring substituents is 1. The maximum Gasteiger partial charge on any atom is 0.416 e. The molecule has 1 atom stereocenters. The van der Waals surface area contributed by atoms with Gasteiger partial charge in [0.2, 0.25) is 5.91 Å². The van der Waals surface area contributed by atoms with Crippen molar-refractivity contribution in [2.24, 2.45) is 5.73 Å². The van der Waals surface area contributed by atoms with Crippen molar-refractivity contribution in [2.75, 3.05) is 0 Å². The van der Waals surface area contributed by atoms with Crippen LogP contribution in [-0.4, -0.2) is 22.8 Å². The van der Waals surface area contributed by atoms with Gasteiger partial charge in [-0.2, -0.15) is 13.2 Å². The molecule has 2 aromatic rings. The number of carbonyl (C=O) groups excluding carboxylic acids is 2. The van der Waals surface area contributed by atoms with Crippen LogP contribution in [0.25, 0.3) is 0 Å². The predicted octanol–water partition coefficient (Wildman–Crippen LogP) is 2.44. The highest BCUT2D eigenvalue weighted by Gasteiger charge is 2.30. The van der Waals surface area contributed by atoms with Crippen molar-refractivity contribution in [3.05, 3.63) is 75.3 Å². The van der Waals surface area contributed by atoms with Crippen LogP contribution in [0.4, 0.5) is 18.9 Å². The fraction of sp³-hybridized carbons (Fsp3) is 0.176. The summed E-state index contributed by atoms with van der Waals surface area (Å²) >= 11 is 0. The van der Waals surface area contributed by atoms with Crippen LogP contribution in [0.2, 0.25) is 0 Å². The van der Waals surface area contributed by atoms with Gasteiger partial charge in [0.05, 0.1) is 10.5 Å². The molecule has 10 heteroatoms. The molecule has 0 saturated carbocycles.